The van der Waals surface area contributed by atoms with E-state index in [-0.39, 0.29) is 11.3 Å². The van der Waals surface area contributed by atoms with E-state index in [1.54, 1.807) is 0 Å². The van der Waals surface area contributed by atoms with Crippen molar-refractivity contribution < 1.29 is 9.53 Å². The molecule has 0 unspecified atom stereocenters. The van der Waals surface area contributed by atoms with Gasteiger partial charge >= 0.3 is 0 Å². The number of para-hydroxylation sites is 1. The molecule has 0 aliphatic carbocycles. The van der Waals surface area contributed by atoms with Crippen molar-refractivity contribution in [2.75, 3.05) is 31.6 Å². The van der Waals surface area contributed by atoms with E-state index in [9.17, 15) is 4.79 Å². The molecule has 18 heavy (non-hydrogen) atoms. The summed E-state index contributed by atoms with van der Waals surface area (Å²) >= 11 is 0. The lowest BCUT2D eigenvalue weighted by Crippen LogP contribution is -2.48. The number of nitrogens with one attached hydrogen (secondary N) is 2. The predicted octanol–water partition coefficient (Wildman–Crippen LogP) is 1.56. The van der Waals surface area contributed by atoms with Gasteiger partial charge in [-0.2, -0.15) is 0 Å². The van der Waals surface area contributed by atoms with Crippen molar-refractivity contribution in [3.8, 4) is 0 Å². The van der Waals surface area contributed by atoms with Gasteiger partial charge in [0.25, 0.3) is 0 Å². The summed E-state index contributed by atoms with van der Waals surface area (Å²) in [5.41, 5.74) is 2.15. The molecule has 1 aliphatic heterocycles. The molecule has 1 aromatic rings. The fraction of sp³-hybridized carbons (Fsp3) is 0.500. The molecule has 4 nitrogen and oxygen atoms in total. The number of anilines is 1. The van der Waals surface area contributed by atoms with Crippen molar-refractivity contribution in [1.82, 2.24) is 5.32 Å². The van der Waals surface area contributed by atoms with Gasteiger partial charge in [-0.05, 0) is 18.6 Å². The molecule has 0 spiro atoms. The first-order valence-corrected chi connectivity index (χ1v) is 6.23. The summed E-state index contributed by atoms with van der Waals surface area (Å²) < 4.78 is 5.17. The maximum Gasteiger partial charge on any atom is 0.238 e. The number of carbonyl (C=O) groups is 1. The summed E-state index contributed by atoms with van der Waals surface area (Å²) in [6.45, 7) is 6.84. The molecule has 98 valence electrons. The number of hydrogen-bond donors (Lipinski definition) is 2. The molecule has 0 atom stereocenters. The van der Waals surface area contributed by atoms with Gasteiger partial charge in [-0.25, -0.2) is 0 Å². The predicted molar refractivity (Wildman–Crippen MR) is 71.6 cm³/mol. The second kappa shape index (κ2) is 5.50. The molecule has 0 saturated carbocycles. The molecule has 0 radical (unpaired) electrons. The van der Waals surface area contributed by atoms with Gasteiger partial charge in [0.05, 0.1) is 19.8 Å². The monoisotopic (exact) mass is 248 g/mol. The van der Waals surface area contributed by atoms with Gasteiger partial charge in [0.2, 0.25) is 5.91 Å². The molecular weight excluding hydrogens is 228 g/mol. The Bertz CT molecular complexity index is 428. The third-order valence-corrected chi connectivity index (χ3v) is 3.16. The second-order valence-corrected chi connectivity index (χ2v) is 5.27. The van der Waals surface area contributed by atoms with Gasteiger partial charge in [-0.1, -0.05) is 25.1 Å². The summed E-state index contributed by atoms with van der Waals surface area (Å²) in [6, 6.07) is 7.77. The molecule has 0 bridgehead atoms. The molecular formula is C14H20N2O2. The quantitative estimate of drug-likeness (QED) is 0.831. The Hall–Kier alpha value is -1.39. The number of carbonyl (C=O) groups excluding carboxylic acids is 1. The topological polar surface area (TPSA) is 50.4 Å². The van der Waals surface area contributed by atoms with Crippen molar-refractivity contribution in [1.29, 1.82) is 0 Å². The molecule has 1 saturated heterocycles. The minimum absolute atomic E-state index is 0.00635. The van der Waals surface area contributed by atoms with Crippen LogP contribution in [0.15, 0.2) is 24.3 Å². The summed E-state index contributed by atoms with van der Waals surface area (Å²) in [7, 11) is 0. The first kappa shape index (κ1) is 13.1. The van der Waals surface area contributed by atoms with Crippen molar-refractivity contribution in [3.63, 3.8) is 0 Å². The van der Waals surface area contributed by atoms with Crippen molar-refractivity contribution in [2.24, 2.45) is 5.41 Å². The average molecular weight is 248 g/mol. The summed E-state index contributed by atoms with van der Waals surface area (Å²) in [5.74, 6) is -0.00635. The van der Waals surface area contributed by atoms with Crippen LogP contribution in [-0.4, -0.2) is 32.2 Å². The van der Waals surface area contributed by atoms with Crippen LogP contribution in [0.2, 0.25) is 0 Å². The molecule has 0 aromatic heterocycles. The van der Waals surface area contributed by atoms with Gasteiger partial charge < -0.3 is 15.4 Å². The number of benzene rings is 1. The van der Waals surface area contributed by atoms with Crippen molar-refractivity contribution >= 4 is 11.6 Å². The standard InChI is InChI=1S/C14H20N2O2/c1-11-5-3-4-6-12(11)16-13(17)7-15-8-14(2)9-18-10-14/h3-6,15H,7-10H2,1-2H3,(H,16,17). The largest absolute Gasteiger partial charge is 0.380 e. The highest BCUT2D eigenvalue weighted by Gasteiger charge is 2.32. The number of ether oxygens (including phenoxy) is 1. The fourth-order valence-corrected chi connectivity index (χ4v) is 1.94. The van der Waals surface area contributed by atoms with Gasteiger partial charge in [0, 0.05) is 17.6 Å². The minimum Gasteiger partial charge on any atom is -0.380 e. The molecule has 1 fully saturated rings. The lowest BCUT2D eigenvalue weighted by molar-refractivity contribution is -0.117. The first-order chi connectivity index (χ1) is 8.59. The Morgan fingerprint density at radius 2 is 2.11 bits per heavy atom. The second-order valence-electron chi connectivity index (χ2n) is 5.27. The van der Waals surface area contributed by atoms with Gasteiger partial charge in [0.15, 0.2) is 0 Å². The van der Waals surface area contributed by atoms with E-state index < -0.39 is 0 Å². The number of rotatable bonds is 5. The van der Waals surface area contributed by atoms with Crippen molar-refractivity contribution in [3.05, 3.63) is 29.8 Å². The van der Waals surface area contributed by atoms with Crippen molar-refractivity contribution in [2.45, 2.75) is 13.8 Å². The number of aryl methyl sites for hydroxylation is 1. The third-order valence-electron chi connectivity index (χ3n) is 3.16. The fourth-order valence-electron chi connectivity index (χ4n) is 1.94. The lowest BCUT2D eigenvalue weighted by Gasteiger charge is -2.38. The molecule has 1 heterocycles. The van der Waals surface area contributed by atoms with Gasteiger partial charge in [-0.15, -0.1) is 0 Å². The van der Waals surface area contributed by atoms with Crippen LogP contribution >= 0.6 is 0 Å². The van der Waals surface area contributed by atoms with E-state index in [1.807, 2.05) is 31.2 Å². The van der Waals surface area contributed by atoms with Gasteiger partial charge in [0.1, 0.15) is 0 Å². The zero-order valence-corrected chi connectivity index (χ0v) is 11.0. The Labute approximate surface area is 108 Å². The summed E-state index contributed by atoms with van der Waals surface area (Å²) in [5, 5.41) is 6.08. The van der Waals surface area contributed by atoms with E-state index in [1.165, 1.54) is 0 Å². The van der Waals surface area contributed by atoms with E-state index in [0.29, 0.717) is 6.54 Å². The molecule has 4 heteroatoms. The highest BCUT2D eigenvalue weighted by molar-refractivity contribution is 5.92. The minimum atomic E-state index is -0.00635. The van der Waals surface area contributed by atoms with Crippen LogP contribution < -0.4 is 10.6 Å². The molecule has 1 aliphatic rings. The molecule has 1 amide bonds. The van der Waals surface area contributed by atoms with Crippen LogP contribution in [-0.2, 0) is 9.53 Å². The van der Waals surface area contributed by atoms with Crippen LogP contribution in [0.5, 0.6) is 0 Å². The van der Waals surface area contributed by atoms with E-state index >= 15 is 0 Å². The Morgan fingerprint density at radius 3 is 2.72 bits per heavy atom. The maximum atomic E-state index is 11.8. The summed E-state index contributed by atoms with van der Waals surface area (Å²) in [4.78, 5) is 11.8. The summed E-state index contributed by atoms with van der Waals surface area (Å²) in [6.07, 6.45) is 0. The number of amides is 1. The van der Waals surface area contributed by atoms with E-state index in [4.69, 9.17) is 4.74 Å². The Balaban J connectivity index is 1.74. The SMILES string of the molecule is Cc1ccccc1NC(=O)CNCC1(C)COC1. The maximum absolute atomic E-state index is 11.8. The van der Waals surface area contributed by atoms with E-state index in [2.05, 4.69) is 17.6 Å². The van der Waals surface area contributed by atoms with Crippen LogP contribution in [0.4, 0.5) is 5.69 Å². The third kappa shape index (κ3) is 3.31. The Morgan fingerprint density at radius 1 is 1.39 bits per heavy atom. The van der Waals surface area contributed by atoms with Crippen LogP contribution in [0, 0.1) is 12.3 Å². The lowest BCUT2D eigenvalue weighted by atomic mass is 9.89. The zero-order valence-electron chi connectivity index (χ0n) is 11.0. The van der Waals surface area contributed by atoms with Gasteiger partial charge in [-0.3, -0.25) is 4.79 Å². The smallest absolute Gasteiger partial charge is 0.238 e. The highest BCUT2D eigenvalue weighted by atomic mass is 16.5. The molecule has 1 aromatic carbocycles. The zero-order chi connectivity index (χ0) is 13.0. The molecule has 2 rings (SSSR count). The van der Waals surface area contributed by atoms with Crippen LogP contribution in [0.25, 0.3) is 0 Å². The van der Waals surface area contributed by atoms with E-state index in [0.717, 1.165) is 31.0 Å². The van der Waals surface area contributed by atoms with Crippen LogP contribution in [0.3, 0.4) is 0 Å². The normalized spacial score (nSPS) is 17.0. The Kier molecular flexibility index (Phi) is 3.99. The average Bonchev–Trinajstić information content (AvgIpc) is 2.30. The highest BCUT2D eigenvalue weighted by Crippen LogP contribution is 2.24. The molecule has 2 N–H and O–H groups in total. The van der Waals surface area contributed by atoms with Crippen LogP contribution in [0.1, 0.15) is 12.5 Å². The first-order valence-electron chi connectivity index (χ1n) is 6.23. The number of hydrogen-bond acceptors (Lipinski definition) is 3.